The van der Waals surface area contributed by atoms with Crippen LogP contribution in [0.15, 0.2) is 24.3 Å². The molecule has 6 heteroatoms. The SMILES string of the molecule is CC(NS(=O)(=O)O)c1ccccc1O. The topological polar surface area (TPSA) is 86.6 Å². The summed E-state index contributed by atoms with van der Waals surface area (Å²) in [6.07, 6.45) is 0. The third-order valence-electron chi connectivity index (χ3n) is 1.73. The summed E-state index contributed by atoms with van der Waals surface area (Å²) in [4.78, 5) is 0. The van der Waals surface area contributed by atoms with Crippen molar-refractivity contribution in [2.75, 3.05) is 0 Å². The molecule has 78 valence electrons. The molecule has 0 saturated carbocycles. The van der Waals surface area contributed by atoms with E-state index in [0.717, 1.165) is 0 Å². The first-order valence-corrected chi connectivity index (χ1v) is 5.37. The van der Waals surface area contributed by atoms with Gasteiger partial charge in [-0.25, -0.2) is 0 Å². The van der Waals surface area contributed by atoms with E-state index in [1.54, 1.807) is 18.2 Å². The highest BCUT2D eigenvalue weighted by molar-refractivity contribution is 7.83. The molecule has 1 atom stereocenters. The van der Waals surface area contributed by atoms with Crippen LogP contribution in [0.5, 0.6) is 5.75 Å². The Bertz CT molecular complexity index is 415. The van der Waals surface area contributed by atoms with Gasteiger partial charge < -0.3 is 5.11 Å². The van der Waals surface area contributed by atoms with Gasteiger partial charge in [0.1, 0.15) is 5.75 Å². The number of nitrogens with one attached hydrogen (secondary N) is 1. The van der Waals surface area contributed by atoms with Crippen LogP contribution >= 0.6 is 0 Å². The molecule has 0 bridgehead atoms. The molecule has 0 fully saturated rings. The lowest BCUT2D eigenvalue weighted by Crippen LogP contribution is -2.25. The zero-order chi connectivity index (χ0) is 10.8. The first kappa shape index (κ1) is 11.0. The maximum atomic E-state index is 10.5. The normalized spacial score (nSPS) is 13.9. The Kier molecular flexibility index (Phi) is 3.10. The number of benzene rings is 1. The minimum Gasteiger partial charge on any atom is -0.508 e. The molecule has 1 rings (SSSR count). The fourth-order valence-corrected chi connectivity index (χ4v) is 1.71. The van der Waals surface area contributed by atoms with Crippen molar-refractivity contribution < 1.29 is 18.1 Å². The van der Waals surface area contributed by atoms with Crippen molar-refractivity contribution in [2.24, 2.45) is 0 Å². The van der Waals surface area contributed by atoms with Gasteiger partial charge in [-0.2, -0.15) is 13.1 Å². The van der Waals surface area contributed by atoms with Gasteiger partial charge >= 0.3 is 10.3 Å². The highest BCUT2D eigenvalue weighted by atomic mass is 32.2. The zero-order valence-corrected chi connectivity index (χ0v) is 8.32. The second-order valence-electron chi connectivity index (χ2n) is 2.87. The van der Waals surface area contributed by atoms with Gasteiger partial charge in [0.25, 0.3) is 0 Å². The third-order valence-corrected chi connectivity index (χ3v) is 2.38. The number of hydrogen-bond donors (Lipinski definition) is 3. The Balaban J connectivity index is 2.90. The van der Waals surface area contributed by atoms with Gasteiger partial charge in [0, 0.05) is 11.6 Å². The maximum absolute atomic E-state index is 10.5. The molecular weight excluding hydrogens is 206 g/mol. The molecule has 0 amide bonds. The number of rotatable bonds is 3. The van der Waals surface area contributed by atoms with Gasteiger partial charge in [-0.05, 0) is 13.0 Å². The first-order chi connectivity index (χ1) is 6.40. The Morgan fingerprint density at radius 3 is 2.43 bits per heavy atom. The predicted molar refractivity (Wildman–Crippen MR) is 51.2 cm³/mol. The third kappa shape index (κ3) is 2.99. The molecule has 0 aliphatic rings. The first-order valence-electron chi connectivity index (χ1n) is 3.93. The van der Waals surface area contributed by atoms with E-state index in [-0.39, 0.29) is 5.75 Å². The van der Waals surface area contributed by atoms with E-state index in [2.05, 4.69) is 0 Å². The number of phenolic OH excluding ortho intramolecular Hbond substituents is 1. The molecule has 0 aliphatic carbocycles. The van der Waals surface area contributed by atoms with Crippen molar-refractivity contribution in [3.05, 3.63) is 29.8 Å². The fraction of sp³-hybridized carbons (Fsp3) is 0.250. The molecule has 14 heavy (non-hydrogen) atoms. The van der Waals surface area contributed by atoms with Crippen molar-refractivity contribution in [3.8, 4) is 5.75 Å². The lowest BCUT2D eigenvalue weighted by molar-refractivity contribution is 0.444. The van der Waals surface area contributed by atoms with Crippen LogP contribution in [0.25, 0.3) is 0 Å². The molecule has 0 aliphatic heterocycles. The smallest absolute Gasteiger partial charge is 0.333 e. The molecule has 0 aromatic heterocycles. The van der Waals surface area contributed by atoms with Crippen LogP contribution in [0, 0.1) is 0 Å². The summed E-state index contributed by atoms with van der Waals surface area (Å²) in [6.45, 7) is 1.52. The van der Waals surface area contributed by atoms with Gasteiger partial charge in [-0.3, -0.25) is 4.55 Å². The molecule has 1 aromatic rings. The minimum atomic E-state index is -4.25. The summed E-state index contributed by atoms with van der Waals surface area (Å²) in [5.74, 6) is -0.0175. The molecule has 3 N–H and O–H groups in total. The van der Waals surface area contributed by atoms with E-state index in [1.807, 2.05) is 4.72 Å². The molecule has 0 heterocycles. The molecule has 1 aromatic carbocycles. The van der Waals surface area contributed by atoms with Crippen LogP contribution in [-0.4, -0.2) is 18.1 Å². The standard InChI is InChI=1S/C8H11NO4S/c1-6(9-14(11,12)13)7-4-2-3-5-8(7)10/h2-6,9-10H,1H3,(H,11,12,13). The van der Waals surface area contributed by atoms with E-state index < -0.39 is 16.3 Å². The van der Waals surface area contributed by atoms with E-state index in [1.165, 1.54) is 13.0 Å². The Morgan fingerprint density at radius 2 is 1.93 bits per heavy atom. The van der Waals surface area contributed by atoms with Crippen LogP contribution in [-0.2, 0) is 10.3 Å². The predicted octanol–water partition coefficient (Wildman–Crippen LogP) is 0.846. The van der Waals surface area contributed by atoms with Gasteiger partial charge in [-0.15, -0.1) is 0 Å². The second kappa shape index (κ2) is 3.95. The monoisotopic (exact) mass is 217 g/mol. The lowest BCUT2D eigenvalue weighted by atomic mass is 10.1. The van der Waals surface area contributed by atoms with Crippen molar-refractivity contribution in [3.63, 3.8) is 0 Å². The minimum absolute atomic E-state index is 0.0175. The van der Waals surface area contributed by atoms with Crippen molar-refractivity contribution in [1.82, 2.24) is 4.72 Å². The van der Waals surface area contributed by atoms with Crippen LogP contribution in [0.2, 0.25) is 0 Å². The van der Waals surface area contributed by atoms with Crippen molar-refractivity contribution in [2.45, 2.75) is 13.0 Å². The number of hydrogen-bond acceptors (Lipinski definition) is 3. The summed E-state index contributed by atoms with van der Waals surface area (Å²) in [7, 11) is -4.25. The largest absolute Gasteiger partial charge is 0.508 e. The summed E-state index contributed by atoms with van der Waals surface area (Å²) in [5, 5.41) is 9.36. The van der Waals surface area contributed by atoms with Crippen LogP contribution in [0.1, 0.15) is 18.5 Å². The van der Waals surface area contributed by atoms with Gasteiger partial charge in [0.15, 0.2) is 0 Å². The molecular formula is C8H11NO4S. The van der Waals surface area contributed by atoms with Crippen LogP contribution in [0.4, 0.5) is 0 Å². The van der Waals surface area contributed by atoms with Crippen molar-refractivity contribution >= 4 is 10.3 Å². The summed E-state index contributed by atoms with van der Waals surface area (Å²) < 4.78 is 31.4. The highest BCUT2D eigenvalue weighted by Gasteiger charge is 2.14. The molecule has 0 radical (unpaired) electrons. The summed E-state index contributed by atoms with van der Waals surface area (Å²) >= 11 is 0. The van der Waals surface area contributed by atoms with Gasteiger partial charge in [0.2, 0.25) is 0 Å². The van der Waals surface area contributed by atoms with E-state index in [9.17, 15) is 13.5 Å². The van der Waals surface area contributed by atoms with E-state index in [4.69, 9.17) is 4.55 Å². The number of phenols is 1. The molecule has 0 saturated heterocycles. The second-order valence-corrected chi connectivity index (χ2v) is 4.06. The molecule has 5 nitrogen and oxygen atoms in total. The summed E-state index contributed by atoms with van der Waals surface area (Å²) in [6, 6.07) is 5.62. The zero-order valence-electron chi connectivity index (χ0n) is 7.51. The average Bonchev–Trinajstić information content (AvgIpc) is 2.01. The molecule has 1 unspecified atom stereocenters. The molecule has 0 spiro atoms. The number of para-hydroxylation sites is 1. The Hall–Kier alpha value is -1.11. The van der Waals surface area contributed by atoms with Crippen LogP contribution < -0.4 is 4.72 Å². The highest BCUT2D eigenvalue weighted by Crippen LogP contribution is 2.23. The van der Waals surface area contributed by atoms with Gasteiger partial charge in [0.05, 0.1) is 0 Å². The summed E-state index contributed by atoms with van der Waals surface area (Å²) in [5.41, 5.74) is 0.408. The average molecular weight is 217 g/mol. The van der Waals surface area contributed by atoms with Crippen molar-refractivity contribution in [1.29, 1.82) is 0 Å². The fourth-order valence-electron chi connectivity index (χ4n) is 1.14. The lowest BCUT2D eigenvalue weighted by Gasteiger charge is -2.12. The maximum Gasteiger partial charge on any atom is 0.333 e. The quantitative estimate of drug-likeness (QED) is 0.655. The Labute approximate surface area is 82.3 Å². The Morgan fingerprint density at radius 1 is 1.36 bits per heavy atom. The van der Waals surface area contributed by atoms with E-state index in [0.29, 0.717) is 5.56 Å². The van der Waals surface area contributed by atoms with Gasteiger partial charge in [-0.1, -0.05) is 18.2 Å². The number of aromatic hydroxyl groups is 1. The van der Waals surface area contributed by atoms with Crippen LogP contribution in [0.3, 0.4) is 0 Å². The van der Waals surface area contributed by atoms with E-state index >= 15 is 0 Å².